The highest BCUT2D eigenvalue weighted by Crippen LogP contribution is 2.34. The maximum absolute atomic E-state index is 12.4. The lowest BCUT2D eigenvalue weighted by Crippen LogP contribution is -2.42. The first-order chi connectivity index (χ1) is 12.2. The van der Waals surface area contributed by atoms with Gasteiger partial charge in [-0.2, -0.15) is 5.10 Å². The molecule has 1 atom stereocenters. The number of likely N-dealkylation sites (tertiary alicyclic amines) is 1. The van der Waals surface area contributed by atoms with Crippen LogP contribution in [0.2, 0.25) is 0 Å². The lowest BCUT2D eigenvalue weighted by Gasteiger charge is -2.34. The molecule has 2 heterocycles. The molecule has 1 amide bonds. The van der Waals surface area contributed by atoms with E-state index in [0.29, 0.717) is 31.0 Å². The fraction of sp³-hybridized carbons (Fsp3) is 0.722. The molecule has 146 valence electrons. The smallest absolute Gasteiger partial charge is 0.410 e. The number of nitrogens with zero attached hydrogens (tertiary/aromatic N) is 3. The second-order valence-corrected chi connectivity index (χ2v) is 7.63. The molecule has 1 unspecified atom stereocenters. The fourth-order valence-electron chi connectivity index (χ4n) is 3.23. The number of aryl methyl sites for hydroxylation is 1. The van der Waals surface area contributed by atoms with Crippen LogP contribution in [0.3, 0.4) is 0 Å². The van der Waals surface area contributed by atoms with Crippen molar-refractivity contribution in [1.82, 2.24) is 14.7 Å². The van der Waals surface area contributed by atoms with Crippen LogP contribution < -0.4 is 5.73 Å². The maximum atomic E-state index is 12.4. The Kier molecular flexibility index (Phi) is 6.15. The number of carbonyl (C=O) groups is 2. The molecule has 26 heavy (non-hydrogen) atoms. The predicted molar refractivity (Wildman–Crippen MR) is 98.1 cm³/mol. The van der Waals surface area contributed by atoms with Crippen LogP contribution in [0, 0.1) is 0 Å². The SMILES string of the molecule is CCCn1nc(C(=O)OC)c(C2CCCN(C(=O)OC(C)(C)C)C2)c1N. The first-order valence-corrected chi connectivity index (χ1v) is 9.10. The molecule has 0 radical (unpaired) electrons. The molecular formula is C18H30N4O4. The van der Waals surface area contributed by atoms with Gasteiger partial charge in [0, 0.05) is 31.1 Å². The summed E-state index contributed by atoms with van der Waals surface area (Å²) in [6, 6.07) is 0. The molecule has 1 fully saturated rings. The topological polar surface area (TPSA) is 99.7 Å². The van der Waals surface area contributed by atoms with E-state index in [2.05, 4.69) is 5.10 Å². The quantitative estimate of drug-likeness (QED) is 0.823. The van der Waals surface area contributed by atoms with E-state index < -0.39 is 11.6 Å². The van der Waals surface area contributed by atoms with Crippen LogP contribution in [0.1, 0.15) is 68.9 Å². The second kappa shape index (κ2) is 7.97. The summed E-state index contributed by atoms with van der Waals surface area (Å²) in [5.41, 5.74) is 6.67. The molecule has 2 N–H and O–H groups in total. The zero-order chi connectivity index (χ0) is 19.5. The molecule has 1 aromatic rings. The van der Waals surface area contributed by atoms with E-state index in [9.17, 15) is 9.59 Å². The van der Waals surface area contributed by atoms with Gasteiger partial charge in [0.1, 0.15) is 11.4 Å². The van der Waals surface area contributed by atoms with Crippen molar-refractivity contribution in [3.8, 4) is 0 Å². The summed E-state index contributed by atoms with van der Waals surface area (Å²) in [7, 11) is 1.33. The summed E-state index contributed by atoms with van der Waals surface area (Å²) in [5.74, 6) is -0.102. The standard InChI is InChI=1S/C18H30N4O4/c1-6-9-22-15(19)13(14(20-22)16(23)25-5)12-8-7-10-21(11-12)17(24)26-18(2,3)4/h12H,6-11,19H2,1-5H3. The number of methoxy groups -OCH3 is 1. The Morgan fingerprint density at radius 3 is 2.62 bits per heavy atom. The Labute approximate surface area is 154 Å². The molecule has 0 saturated carbocycles. The first-order valence-electron chi connectivity index (χ1n) is 9.10. The van der Waals surface area contributed by atoms with Crippen molar-refractivity contribution in [1.29, 1.82) is 0 Å². The van der Waals surface area contributed by atoms with Gasteiger partial charge in [0.05, 0.1) is 7.11 Å². The number of nitrogen functional groups attached to an aromatic ring is 1. The molecule has 8 nitrogen and oxygen atoms in total. The summed E-state index contributed by atoms with van der Waals surface area (Å²) in [4.78, 5) is 26.3. The van der Waals surface area contributed by atoms with E-state index in [0.717, 1.165) is 19.3 Å². The van der Waals surface area contributed by atoms with Crippen LogP contribution in [-0.4, -0.2) is 52.5 Å². The van der Waals surface area contributed by atoms with Crippen molar-refractivity contribution in [2.45, 2.75) is 65.0 Å². The van der Waals surface area contributed by atoms with Gasteiger partial charge in [-0.1, -0.05) is 6.92 Å². The fourth-order valence-corrected chi connectivity index (χ4v) is 3.23. The number of carbonyl (C=O) groups excluding carboxylic acids is 2. The Balaban J connectivity index is 2.29. The second-order valence-electron chi connectivity index (χ2n) is 7.63. The van der Waals surface area contributed by atoms with Gasteiger partial charge in [-0.3, -0.25) is 0 Å². The third-order valence-electron chi connectivity index (χ3n) is 4.33. The van der Waals surface area contributed by atoms with Gasteiger partial charge in [0.2, 0.25) is 0 Å². The van der Waals surface area contributed by atoms with Crippen LogP contribution in [-0.2, 0) is 16.0 Å². The number of ether oxygens (including phenoxy) is 2. The number of hydrogen-bond donors (Lipinski definition) is 1. The van der Waals surface area contributed by atoms with Crippen molar-refractivity contribution < 1.29 is 19.1 Å². The Morgan fingerprint density at radius 2 is 2.04 bits per heavy atom. The summed E-state index contributed by atoms with van der Waals surface area (Å²) < 4.78 is 12.0. The summed E-state index contributed by atoms with van der Waals surface area (Å²) in [6.07, 6.45) is 2.14. The van der Waals surface area contributed by atoms with E-state index in [-0.39, 0.29) is 17.7 Å². The minimum atomic E-state index is -0.549. The van der Waals surface area contributed by atoms with Crippen molar-refractivity contribution in [3.05, 3.63) is 11.3 Å². The van der Waals surface area contributed by atoms with Gasteiger partial charge < -0.3 is 20.1 Å². The largest absolute Gasteiger partial charge is 0.464 e. The number of amides is 1. The van der Waals surface area contributed by atoms with Crippen LogP contribution in [0.15, 0.2) is 0 Å². The number of anilines is 1. The molecule has 1 aliphatic rings. The molecule has 0 bridgehead atoms. The number of piperidine rings is 1. The third kappa shape index (κ3) is 4.47. The zero-order valence-corrected chi connectivity index (χ0v) is 16.4. The zero-order valence-electron chi connectivity index (χ0n) is 16.4. The summed E-state index contributed by atoms with van der Waals surface area (Å²) >= 11 is 0. The van der Waals surface area contributed by atoms with E-state index in [1.807, 2.05) is 27.7 Å². The van der Waals surface area contributed by atoms with Gasteiger partial charge in [0.15, 0.2) is 5.69 Å². The molecule has 0 aliphatic carbocycles. The lowest BCUT2D eigenvalue weighted by atomic mass is 9.90. The third-order valence-corrected chi connectivity index (χ3v) is 4.33. The highest BCUT2D eigenvalue weighted by Gasteiger charge is 2.34. The molecule has 2 rings (SSSR count). The molecule has 0 spiro atoms. The van der Waals surface area contributed by atoms with Crippen molar-refractivity contribution >= 4 is 17.9 Å². The number of nitrogens with two attached hydrogens (primary N) is 1. The van der Waals surface area contributed by atoms with E-state index >= 15 is 0 Å². The Bertz CT molecular complexity index is 663. The highest BCUT2D eigenvalue weighted by atomic mass is 16.6. The van der Waals surface area contributed by atoms with Crippen molar-refractivity contribution in [2.24, 2.45) is 0 Å². The number of hydrogen-bond acceptors (Lipinski definition) is 6. The normalized spacial score (nSPS) is 17.9. The van der Waals surface area contributed by atoms with Crippen LogP contribution >= 0.6 is 0 Å². The van der Waals surface area contributed by atoms with Gasteiger partial charge in [-0.05, 0) is 40.0 Å². The van der Waals surface area contributed by atoms with Crippen molar-refractivity contribution in [2.75, 3.05) is 25.9 Å². The number of aromatic nitrogens is 2. The summed E-state index contributed by atoms with van der Waals surface area (Å²) in [5, 5.41) is 4.36. The molecule has 0 aromatic carbocycles. The lowest BCUT2D eigenvalue weighted by molar-refractivity contribution is 0.0198. The first kappa shape index (κ1) is 20.1. The van der Waals surface area contributed by atoms with E-state index in [4.69, 9.17) is 15.2 Å². The van der Waals surface area contributed by atoms with Crippen LogP contribution in [0.5, 0.6) is 0 Å². The van der Waals surface area contributed by atoms with Gasteiger partial charge >= 0.3 is 12.1 Å². The van der Waals surface area contributed by atoms with Crippen LogP contribution in [0.25, 0.3) is 0 Å². The van der Waals surface area contributed by atoms with E-state index in [1.165, 1.54) is 7.11 Å². The number of esters is 1. The molecule has 1 aliphatic heterocycles. The molecular weight excluding hydrogens is 336 g/mol. The minimum absolute atomic E-state index is 0.0732. The van der Waals surface area contributed by atoms with Crippen LogP contribution in [0.4, 0.5) is 10.6 Å². The minimum Gasteiger partial charge on any atom is -0.464 e. The Morgan fingerprint density at radius 1 is 1.35 bits per heavy atom. The molecule has 1 saturated heterocycles. The van der Waals surface area contributed by atoms with E-state index in [1.54, 1.807) is 9.58 Å². The summed E-state index contributed by atoms with van der Waals surface area (Å²) in [6.45, 7) is 9.24. The monoisotopic (exact) mass is 366 g/mol. The highest BCUT2D eigenvalue weighted by molar-refractivity contribution is 5.90. The van der Waals surface area contributed by atoms with Gasteiger partial charge in [-0.25, -0.2) is 14.3 Å². The number of rotatable bonds is 4. The average Bonchev–Trinajstić information content (AvgIpc) is 2.90. The van der Waals surface area contributed by atoms with Gasteiger partial charge in [-0.15, -0.1) is 0 Å². The van der Waals surface area contributed by atoms with Crippen molar-refractivity contribution in [3.63, 3.8) is 0 Å². The maximum Gasteiger partial charge on any atom is 0.410 e. The Hall–Kier alpha value is -2.25. The average molecular weight is 366 g/mol. The predicted octanol–water partition coefficient (Wildman–Crippen LogP) is 2.78. The van der Waals surface area contributed by atoms with Gasteiger partial charge in [0.25, 0.3) is 0 Å². The molecule has 8 heteroatoms. The molecule has 1 aromatic heterocycles.